The lowest BCUT2D eigenvalue weighted by atomic mass is 9.96. The Kier molecular flexibility index (Phi) is 3.49. The fourth-order valence-corrected chi connectivity index (χ4v) is 2.27. The van der Waals surface area contributed by atoms with Crippen LogP contribution < -0.4 is 10.1 Å². The molecule has 1 saturated carbocycles. The maximum atomic E-state index is 5.44. The maximum Gasteiger partial charge on any atom is 0.119 e. The summed E-state index contributed by atoms with van der Waals surface area (Å²) < 4.78 is 5.44. The lowest BCUT2D eigenvalue weighted by Crippen LogP contribution is -2.21. The Labute approximate surface area is 98.0 Å². The fraction of sp³-hybridized carbons (Fsp3) is 0.571. The predicted molar refractivity (Wildman–Crippen MR) is 66.9 cm³/mol. The number of rotatable bonds is 6. The van der Waals surface area contributed by atoms with Crippen molar-refractivity contribution in [2.75, 3.05) is 20.2 Å². The molecule has 0 amide bonds. The first-order chi connectivity index (χ1) is 7.78. The Balaban J connectivity index is 1.95. The normalized spacial score (nSPS) is 17.1. The molecule has 0 radical (unpaired) electrons. The van der Waals surface area contributed by atoms with Crippen LogP contribution in [0.1, 0.15) is 25.3 Å². The van der Waals surface area contributed by atoms with Crippen molar-refractivity contribution in [2.24, 2.45) is 5.41 Å². The highest BCUT2D eigenvalue weighted by Gasteiger charge is 2.41. The summed E-state index contributed by atoms with van der Waals surface area (Å²) in [5, 5.41) is 3.30. The molecule has 2 heteroatoms. The molecule has 0 aromatic heterocycles. The molecular weight excluding hydrogens is 198 g/mol. The van der Waals surface area contributed by atoms with E-state index in [4.69, 9.17) is 4.74 Å². The minimum Gasteiger partial charge on any atom is -0.494 e. The van der Waals surface area contributed by atoms with Crippen LogP contribution in [0.2, 0.25) is 0 Å². The molecule has 1 aromatic rings. The second kappa shape index (κ2) is 4.88. The second-order valence-electron chi connectivity index (χ2n) is 4.78. The third-order valence-electron chi connectivity index (χ3n) is 3.32. The van der Waals surface area contributed by atoms with Gasteiger partial charge in [-0.15, -0.1) is 0 Å². The first kappa shape index (κ1) is 11.5. The summed E-state index contributed by atoms with van der Waals surface area (Å²) in [4.78, 5) is 0. The molecule has 0 saturated heterocycles. The van der Waals surface area contributed by atoms with Crippen LogP contribution in [0, 0.1) is 5.41 Å². The van der Waals surface area contributed by atoms with E-state index >= 15 is 0 Å². The van der Waals surface area contributed by atoms with Crippen LogP contribution in [0.3, 0.4) is 0 Å². The molecule has 0 spiro atoms. The topological polar surface area (TPSA) is 21.3 Å². The van der Waals surface area contributed by atoms with Gasteiger partial charge in [0.2, 0.25) is 0 Å². The molecule has 1 fully saturated rings. The van der Waals surface area contributed by atoms with Gasteiger partial charge in [-0.05, 0) is 56.3 Å². The highest BCUT2D eigenvalue weighted by Crippen LogP contribution is 2.47. The van der Waals surface area contributed by atoms with E-state index in [0.29, 0.717) is 5.41 Å². The van der Waals surface area contributed by atoms with Crippen molar-refractivity contribution in [1.29, 1.82) is 0 Å². The summed E-state index contributed by atoms with van der Waals surface area (Å²) in [7, 11) is 2.04. The highest BCUT2D eigenvalue weighted by atomic mass is 16.5. The lowest BCUT2D eigenvalue weighted by molar-refractivity contribution is 0.340. The van der Waals surface area contributed by atoms with E-state index < -0.39 is 0 Å². The maximum absolute atomic E-state index is 5.44. The van der Waals surface area contributed by atoms with Crippen molar-refractivity contribution < 1.29 is 4.74 Å². The zero-order valence-corrected chi connectivity index (χ0v) is 10.3. The monoisotopic (exact) mass is 219 g/mol. The molecule has 1 N–H and O–H groups in total. The van der Waals surface area contributed by atoms with Gasteiger partial charge in [-0.1, -0.05) is 12.1 Å². The molecule has 0 bridgehead atoms. The number of benzene rings is 1. The molecule has 88 valence electrons. The predicted octanol–water partition coefficient (Wildman–Crippen LogP) is 2.63. The van der Waals surface area contributed by atoms with Crippen LogP contribution in [-0.4, -0.2) is 20.2 Å². The molecule has 1 aliphatic rings. The molecular formula is C14H21NO. The van der Waals surface area contributed by atoms with Gasteiger partial charge in [0, 0.05) is 6.54 Å². The molecule has 16 heavy (non-hydrogen) atoms. The SMILES string of the molecule is CCOc1ccc(CC2(CNC)CC2)cc1. The molecule has 0 atom stereocenters. The average Bonchev–Trinajstić information content (AvgIpc) is 3.02. The van der Waals surface area contributed by atoms with E-state index in [1.807, 2.05) is 14.0 Å². The van der Waals surface area contributed by atoms with Gasteiger partial charge in [-0.25, -0.2) is 0 Å². The highest BCUT2D eigenvalue weighted by molar-refractivity contribution is 5.28. The second-order valence-corrected chi connectivity index (χ2v) is 4.78. The average molecular weight is 219 g/mol. The van der Waals surface area contributed by atoms with E-state index in [0.717, 1.165) is 18.9 Å². The minimum atomic E-state index is 0.544. The standard InChI is InChI=1S/C14H21NO/c1-3-16-13-6-4-12(5-7-13)10-14(8-9-14)11-15-2/h4-7,15H,3,8-11H2,1-2H3. The minimum absolute atomic E-state index is 0.544. The zero-order valence-electron chi connectivity index (χ0n) is 10.3. The quantitative estimate of drug-likeness (QED) is 0.794. The number of ether oxygens (including phenoxy) is 1. The zero-order chi connectivity index (χ0) is 11.4. The Bertz CT molecular complexity index is 327. The van der Waals surface area contributed by atoms with E-state index in [1.54, 1.807) is 0 Å². The molecule has 2 nitrogen and oxygen atoms in total. The van der Waals surface area contributed by atoms with Crippen LogP contribution in [0.5, 0.6) is 5.75 Å². The first-order valence-electron chi connectivity index (χ1n) is 6.14. The summed E-state index contributed by atoms with van der Waals surface area (Å²) in [5.74, 6) is 0.977. The molecule has 0 aliphatic heterocycles. The van der Waals surface area contributed by atoms with Crippen LogP contribution in [0.4, 0.5) is 0 Å². The van der Waals surface area contributed by atoms with Crippen molar-refractivity contribution >= 4 is 0 Å². The van der Waals surface area contributed by atoms with Crippen LogP contribution in [-0.2, 0) is 6.42 Å². The summed E-state index contributed by atoms with van der Waals surface area (Å²) in [6.07, 6.45) is 3.92. The Morgan fingerprint density at radius 2 is 1.94 bits per heavy atom. The summed E-state index contributed by atoms with van der Waals surface area (Å²) in [5.41, 5.74) is 1.97. The number of nitrogens with one attached hydrogen (secondary N) is 1. The largest absolute Gasteiger partial charge is 0.494 e. The molecule has 1 aromatic carbocycles. The van der Waals surface area contributed by atoms with Gasteiger partial charge in [-0.3, -0.25) is 0 Å². The van der Waals surface area contributed by atoms with Crippen molar-refractivity contribution in [1.82, 2.24) is 5.32 Å². The number of hydrogen-bond acceptors (Lipinski definition) is 2. The van der Waals surface area contributed by atoms with Crippen LogP contribution in [0.25, 0.3) is 0 Å². The fourth-order valence-electron chi connectivity index (χ4n) is 2.27. The van der Waals surface area contributed by atoms with Gasteiger partial charge in [0.25, 0.3) is 0 Å². The van der Waals surface area contributed by atoms with Gasteiger partial charge >= 0.3 is 0 Å². The smallest absolute Gasteiger partial charge is 0.119 e. The van der Waals surface area contributed by atoms with E-state index in [-0.39, 0.29) is 0 Å². The summed E-state index contributed by atoms with van der Waals surface area (Å²) in [6.45, 7) is 3.89. The van der Waals surface area contributed by atoms with E-state index in [2.05, 4.69) is 29.6 Å². The summed E-state index contributed by atoms with van der Waals surface area (Å²) in [6, 6.07) is 8.55. The number of hydrogen-bond donors (Lipinski definition) is 1. The van der Waals surface area contributed by atoms with Gasteiger partial charge in [0.1, 0.15) is 5.75 Å². The Morgan fingerprint density at radius 3 is 2.44 bits per heavy atom. The Morgan fingerprint density at radius 1 is 1.25 bits per heavy atom. The molecule has 1 aliphatic carbocycles. The molecule has 2 rings (SSSR count). The van der Waals surface area contributed by atoms with Crippen molar-refractivity contribution in [3.8, 4) is 5.75 Å². The molecule has 0 heterocycles. The van der Waals surface area contributed by atoms with E-state index in [9.17, 15) is 0 Å². The van der Waals surface area contributed by atoms with Gasteiger partial charge in [0.05, 0.1) is 6.61 Å². The third-order valence-corrected chi connectivity index (χ3v) is 3.32. The van der Waals surface area contributed by atoms with Crippen LogP contribution in [0.15, 0.2) is 24.3 Å². The third kappa shape index (κ3) is 2.76. The van der Waals surface area contributed by atoms with Crippen molar-refractivity contribution in [3.63, 3.8) is 0 Å². The van der Waals surface area contributed by atoms with E-state index in [1.165, 1.54) is 24.8 Å². The Hall–Kier alpha value is -1.02. The van der Waals surface area contributed by atoms with Gasteiger partial charge < -0.3 is 10.1 Å². The van der Waals surface area contributed by atoms with Crippen LogP contribution >= 0.6 is 0 Å². The van der Waals surface area contributed by atoms with Crippen molar-refractivity contribution in [3.05, 3.63) is 29.8 Å². The van der Waals surface area contributed by atoms with Crippen molar-refractivity contribution in [2.45, 2.75) is 26.2 Å². The lowest BCUT2D eigenvalue weighted by Gasteiger charge is -2.14. The van der Waals surface area contributed by atoms with Gasteiger partial charge in [-0.2, -0.15) is 0 Å². The first-order valence-corrected chi connectivity index (χ1v) is 6.14. The van der Waals surface area contributed by atoms with Gasteiger partial charge in [0.15, 0.2) is 0 Å². The molecule has 0 unspecified atom stereocenters. The summed E-state index contributed by atoms with van der Waals surface area (Å²) >= 11 is 0.